The molecule has 0 atom stereocenters. The first kappa shape index (κ1) is 10.6. The van der Waals surface area contributed by atoms with Gasteiger partial charge in [-0.05, 0) is 25.1 Å². The summed E-state index contributed by atoms with van der Waals surface area (Å²) in [5.74, 6) is -0.268. The van der Waals surface area contributed by atoms with Crippen LogP contribution >= 0.6 is 11.3 Å². The first-order chi connectivity index (χ1) is 7.66. The zero-order valence-corrected chi connectivity index (χ0v) is 9.32. The molecule has 0 aromatic carbocycles. The second-order valence-electron chi connectivity index (χ2n) is 3.12. The van der Waals surface area contributed by atoms with Crippen LogP contribution in [0.2, 0.25) is 0 Å². The van der Waals surface area contributed by atoms with Crippen molar-refractivity contribution in [3.05, 3.63) is 35.0 Å². The van der Waals surface area contributed by atoms with Gasteiger partial charge in [0.05, 0.1) is 16.8 Å². The Labute approximate surface area is 95.9 Å². The van der Waals surface area contributed by atoms with Crippen LogP contribution in [-0.4, -0.2) is 16.1 Å². The molecule has 2 aromatic heterocycles. The van der Waals surface area contributed by atoms with Gasteiger partial charge in [0.2, 0.25) is 0 Å². The number of carboxylic acid groups (broad SMARTS) is 1. The van der Waals surface area contributed by atoms with E-state index in [1.54, 1.807) is 18.4 Å². The predicted molar refractivity (Wildman–Crippen MR) is 61.2 cm³/mol. The number of furan rings is 1. The second-order valence-corrected chi connectivity index (χ2v) is 4.15. The quantitative estimate of drug-likeness (QED) is 0.831. The molecule has 5 heteroatoms. The minimum atomic E-state index is -0.965. The molecule has 2 heterocycles. The number of carboxylic acids is 1. The van der Waals surface area contributed by atoms with Gasteiger partial charge in [-0.25, -0.2) is 9.78 Å². The summed E-state index contributed by atoms with van der Waals surface area (Å²) in [7, 11) is 0. The largest absolute Gasteiger partial charge is 0.478 e. The van der Waals surface area contributed by atoms with Crippen LogP contribution < -0.4 is 0 Å². The molecule has 2 rings (SSSR count). The lowest BCUT2D eigenvalue weighted by Gasteiger charge is -1.84. The van der Waals surface area contributed by atoms with Crippen molar-refractivity contribution in [3.63, 3.8) is 0 Å². The normalized spacial score (nSPS) is 11.1. The van der Waals surface area contributed by atoms with Crippen LogP contribution in [0.3, 0.4) is 0 Å². The van der Waals surface area contributed by atoms with Gasteiger partial charge in [0.15, 0.2) is 10.8 Å². The third-order valence-electron chi connectivity index (χ3n) is 1.94. The summed E-state index contributed by atoms with van der Waals surface area (Å²) in [6.07, 6.45) is 4.23. The van der Waals surface area contributed by atoms with E-state index in [2.05, 4.69) is 4.98 Å². The van der Waals surface area contributed by atoms with Crippen molar-refractivity contribution in [2.24, 2.45) is 0 Å². The van der Waals surface area contributed by atoms with Crippen molar-refractivity contribution in [2.75, 3.05) is 0 Å². The molecule has 0 fully saturated rings. The molecule has 16 heavy (non-hydrogen) atoms. The van der Waals surface area contributed by atoms with E-state index in [0.717, 1.165) is 21.7 Å². The molecule has 0 spiro atoms. The molecular weight excluding hydrogens is 226 g/mol. The number of aromatic nitrogens is 1. The molecule has 0 saturated carbocycles. The highest BCUT2D eigenvalue weighted by Crippen LogP contribution is 2.28. The van der Waals surface area contributed by atoms with Gasteiger partial charge in [-0.2, -0.15) is 0 Å². The van der Waals surface area contributed by atoms with Crippen molar-refractivity contribution < 1.29 is 14.3 Å². The lowest BCUT2D eigenvalue weighted by molar-refractivity contribution is -0.131. The predicted octanol–water partition coefficient (Wildman–Crippen LogP) is 2.81. The lowest BCUT2D eigenvalue weighted by Crippen LogP contribution is -1.85. The number of rotatable bonds is 3. The highest BCUT2D eigenvalue weighted by atomic mass is 32.1. The van der Waals surface area contributed by atoms with Crippen molar-refractivity contribution in [2.45, 2.75) is 6.92 Å². The Morgan fingerprint density at radius 2 is 2.44 bits per heavy atom. The average molecular weight is 235 g/mol. The molecule has 0 unspecified atom stereocenters. The molecule has 0 bridgehead atoms. The first-order valence-corrected chi connectivity index (χ1v) is 5.41. The molecule has 0 radical (unpaired) electrons. The Morgan fingerprint density at radius 1 is 1.62 bits per heavy atom. The van der Waals surface area contributed by atoms with Gasteiger partial charge in [-0.15, -0.1) is 11.3 Å². The molecule has 0 aliphatic heterocycles. The van der Waals surface area contributed by atoms with Crippen LogP contribution in [-0.2, 0) is 4.79 Å². The lowest BCUT2D eigenvalue weighted by atomic mass is 10.3. The van der Waals surface area contributed by atoms with Crippen LogP contribution in [0.15, 0.2) is 28.9 Å². The van der Waals surface area contributed by atoms with E-state index < -0.39 is 5.97 Å². The number of nitrogens with zero attached hydrogens (tertiary/aromatic N) is 1. The molecule has 0 amide bonds. The van der Waals surface area contributed by atoms with E-state index >= 15 is 0 Å². The van der Waals surface area contributed by atoms with Crippen LogP contribution in [0, 0.1) is 6.92 Å². The van der Waals surface area contributed by atoms with Gasteiger partial charge in [0, 0.05) is 6.08 Å². The Kier molecular flexibility index (Phi) is 2.87. The molecule has 1 N–H and O–H groups in total. The minimum Gasteiger partial charge on any atom is -0.478 e. The Morgan fingerprint density at radius 3 is 3.06 bits per heavy atom. The first-order valence-electron chi connectivity index (χ1n) is 4.59. The summed E-state index contributed by atoms with van der Waals surface area (Å²) >= 11 is 1.40. The molecule has 4 nitrogen and oxygen atoms in total. The van der Waals surface area contributed by atoms with Crippen LogP contribution in [0.4, 0.5) is 0 Å². The van der Waals surface area contributed by atoms with Gasteiger partial charge >= 0.3 is 5.97 Å². The highest BCUT2D eigenvalue weighted by Gasteiger charge is 2.09. The number of aliphatic carboxylic acids is 1. The van der Waals surface area contributed by atoms with E-state index in [0.29, 0.717) is 5.76 Å². The summed E-state index contributed by atoms with van der Waals surface area (Å²) in [6, 6.07) is 3.61. The molecule has 0 aliphatic rings. The fourth-order valence-electron chi connectivity index (χ4n) is 1.22. The third-order valence-corrected chi connectivity index (χ3v) is 3.08. The number of hydrogen-bond donors (Lipinski definition) is 1. The SMILES string of the molecule is Cc1nc(-c2ccco2)sc1/C=C/C(=O)O. The monoisotopic (exact) mass is 235 g/mol. The van der Waals surface area contributed by atoms with Crippen LogP contribution in [0.5, 0.6) is 0 Å². The van der Waals surface area contributed by atoms with E-state index in [9.17, 15) is 4.79 Å². The van der Waals surface area contributed by atoms with E-state index in [1.165, 1.54) is 11.3 Å². The number of thiazole rings is 1. The molecule has 2 aromatic rings. The zero-order valence-electron chi connectivity index (χ0n) is 8.51. The van der Waals surface area contributed by atoms with Gasteiger partial charge in [0.1, 0.15) is 0 Å². The summed E-state index contributed by atoms with van der Waals surface area (Å²) in [4.78, 5) is 15.5. The second kappa shape index (κ2) is 4.32. The standard InChI is InChI=1S/C11H9NO3S/c1-7-9(4-5-10(13)14)16-11(12-7)8-3-2-6-15-8/h2-6H,1H3,(H,13,14)/b5-4+. The molecule has 0 saturated heterocycles. The number of carbonyl (C=O) groups is 1. The molecule has 82 valence electrons. The van der Waals surface area contributed by atoms with Crippen LogP contribution in [0.25, 0.3) is 16.8 Å². The van der Waals surface area contributed by atoms with E-state index in [-0.39, 0.29) is 0 Å². The Hall–Kier alpha value is -1.88. The maximum absolute atomic E-state index is 10.4. The minimum absolute atomic E-state index is 0.697. The third kappa shape index (κ3) is 2.20. The molecular formula is C11H9NO3S. The Balaban J connectivity index is 2.32. The summed E-state index contributed by atoms with van der Waals surface area (Å²) in [6.45, 7) is 1.84. The maximum Gasteiger partial charge on any atom is 0.328 e. The fraction of sp³-hybridized carbons (Fsp3) is 0.0909. The zero-order chi connectivity index (χ0) is 11.5. The van der Waals surface area contributed by atoms with Crippen molar-refractivity contribution >= 4 is 23.4 Å². The van der Waals surface area contributed by atoms with E-state index in [1.807, 2.05) is 13.0 Å². The van der Waals surface area contributed by atoms with E-state index in [4.69, 9.17) is 9.52 Å². The summed E-state index contributed by atoms with van der Waals surface area (Å²) in [5.41, 5.74) is 0.800. The van der Waals surface area contributed by atoms with Crippen molar-refractivity contribution in [1.29, 1.82) is 0 Å². The smallest absolute Gasteiger partial charge is 0.328 e. The van der Waals surface area contributed by atoms with Gasteiger partial charge in [-0.1, -0.05) is 0 Å². The van der Waals surface area contributed by atoms with Gasteiger partial charge < -0.3 is 9.52 Å². The maximum atomic E-state index is 10.4. The highest BCUT2D eigenvalue weighted by molar-refractivity contribution is 7.16. The average Bonchev–Trinajstić information content (AvgIpc) is 2.83. The number of aryl methyl sites for hydroxylation is 1. The molecule has 0 aliphatic carbocycles. The van der Waals surface area contributed by atoms with Gasteiger partial charge in [0.25, 0.3) is 0 Å². The summed E-state index contributed by atoms with van der Waals surface area (Å²) < 4.78 is 5.22. The van der Waals surface area contributed by atoms with Gasteiger partial charge in [-0.3, -0.25) is 0 Å². The fourth-order valence-corrected chi connectivity index (χ4v) is 2.15. The Bertz CT molecular complexity index is 525. The number of hydrogen-bond acceptors (Lipinski definition) is 4. The summed E-state index contributed by atoms with van der Waals surface area (Å²) in [5, 5.41) is 9.29. The van der Waals surface area contributed by atoms with Crippen LogP contribution in [0.1, 0.15) is 10.6 Å². The van der Waals surface area contributed by atoms with Crippen molar-refractivity contribution in [1.82, 2.24) is 4.98 Å². The van der Waals surface area contributed by atoms with Crippen molar-refractivity contribution in [3.8, 4) is 10.8 Å². The topological polar surface area (TPSA) is 63.3 Å².